The van der Waals surface area contributed by atoms with Crippen LogP contribution in [0, 0.1) is 0 Å². The lowest BCUT2D eigenvalue weighted by atomic mass is 9.98. The normalized spacial score (nSPS) is 14.7. The molecule has 0 unspecified atom stereocenters. The lowest BCUT2D eigenvalue weighted by molar-refractivity contribution is -0.311. The van der Waals surface area contributed by atoms with Gasteiger partial charge in [-0.2, -0.15) is 0 Å². The van der Waals surface area contributed by atoms with E-state index in [2.05, 4.69) is 49.3 Å². The highest BCUT2D eigenvalue weighted by atomic mass is 17.2. The molecular weight excluding hydrogens is 214 g/mol. The van der Waals surface area contributed by atoms with Gasteiger partial charge in [-0.3, -0.25) is 0 Å². The maximum absolute atomic E-state index is 5.15. The summed E-state index contributed by atoms with van der Waals surface area (Å²) in [6, 6.07) is 10.6. The molecule has 0 saturated heterocycles. The molecule has 17 heavy (non-hydrogen) atoms. The van der Waals surface area contributed by atoms with E-state index < -0.39 is 0 Å². The first kappa shape index (κ1) is 10.6. The van der Waals surface area contributed by atoms with E-state index in [4.69, 9.17) is 9.78 Å². The predicted octanol–water partition coefficient (Wildman–Crippen LogP) is 2.87. The zero-order valence-corrected chi connectivity index (χ0v) is 10.1. The predicted molar refractivity (Wildman–Crippen MR) is 67.9 cm³/mol. The molecule has 2 aromatic rings. The summed E-state index contributed by atoms with van der Waals surface area (Å²) >= 11 is 0. The quantitative estimate of drug-likeness (QED) is 0.702. The Hall–Kier alpha value is -1.58. The molecule has 3 rings (SSSR count). The summed E-state index contributed by atoms with van der Waals surface area (Å²) in [5, 5.41) is 2.54. The summed E-state index contributed by atoms with van der Waals surface area (Å²) in [4.78, 5) is 12.4. The minimum absolute atomic E-state index is 0.515. The average Bonchev–Trinajstić information content (AvgIpc) is 2.54. The SMILES string of the molecule is CN(C)c1ccc2c3c(cccc13)COOC2. The zero-order chi connectivity index (χ0) is 11.8. The number of hydrogen-bond acceptors (Lipinski definition) is 3. The molecule has 0 fully saturated rings. The lowest BCUT2D eigenvalue weighted by Crippen LogP contribution is -2.09. The minimum atomic E-state index is 0.515. The largest absolute Gasteiger partial charge is 0.377 e. The van der Waals surface area contributed by atoms with E-state index in [0.29, 0.717) is 13.2 Å². The smallest absolute Gasteiger partial charge is 0.108 e. The van der Waals surface area contributed by atoms with Gasteiger partial charge in [0.25, 0.3) is 0 Å². The van der Waals surface area contributed by atoms with Crippen molar-refractivity contribution >= 4 is 16.5 Å². The van der Waals surface area contributed by atoms with Crippen LogP contribution < -0.4 is 4.90 Å². The minimum Gasteiger partial charge on any atom is -0.377 e. The standard InChI is InChI=1S/C14H15NO2/c1-15(2)13-7-6-11-9-17-16-8-10-4-3-5-12(13)14(10)11/h3-7H,8-9H2,1-2H3. The van der Waals surface area contributed by atoms with Crippen LogP contribution in [0.5, 0.6) is 0 Å². The van der Waals surface area contributed by atoms with Gasteiger partial charge in [-0.05, 0) is 22.6 Å². The second-order valence-electron chi connectivity index (χ2n) is 4.50. The summed E-state index contributed by atoms with van der Waals surface area (Å²) in [5.74, 6) is 0. The van der Waals surface area contributed by atoms with Gasteiger partial charge in [-0.1, -0.05) is 24.3 Å². The Morgan fingerprint density at radius 3 is 2.35 bits per heavy atom. The summed E-state index contributed by atoms with van der Waals surface area (Å²) in [6.07, 6.45) is 0. The molecule has 3 heteroatoms. The molecule has 0 radical (unpaired) electrons. The molecule has 0 bridgehead atoms. The van der Waals surface area contributed by atoms with Crippen molar-refractivity contribution in [2.24, 2.45) is 0 Å². The highest BCUT2D eigenvalue weighted by Gasteiger charge is 2.14. The Morgan fingerprint density at radius 2 is 1.65 bits per heavy atom. The summed E-state index contributed by atoms with van der Waals surface area (Å²) in [6.45, 7) is 1.03. The van der Waals surface area contributed by atoms with Crippen LogP contribution in [0.15, 0.2) is 30.3 Å². The van der Waals surface area contributed by atoms with Crippen molar-refractivity contribution in [1.82, 2.24) is 0 Å². The third kappa shape index (κ3) is 1.68. The second kappa shape index (κ2) is 4.02. The first-order valence-electron chi connectivity index (χ1n) is 5.72. The third-order valence-electron chi connectivity index (χ3n) is 3.18. The number of nitrogens with zero attached hydrogens (tertiary/aromatic N) is 1. The van der Waals surface area contributed by atoms with Crippen LogP contribution >= 0.6 is 0 Å². The van der Waals surface area contributed by atoms with Crippen LogP contribution in [0.4, 0.5) is 5.69 Å². The molecule has 1 aliphatic rings. The van der Waals surface area contributed by atoms with Gasteiger partial charge in [0.05, 0.1) is 0 Å². The van der Waals surface area contributed by atoms with E-state index in [1.807, 2.05) is 0 Å². The molecule has 1 heterocycles. The van der Waals surface area contributed by atoms with Gasteiger partial charge in [0, 0.05) is 25.2 Å². The maximum atomic E-state index is 5.15. The number of rotatable bonds is 1. The summed E-state index contributed by atoms with van der Waals surface area (Å²) in [5.41, 5.74) is 3.62. The third-order valence-corrected chi connectivity index (χ3v) is 3.18. The lowest BCUT2D eigenvalue weighted by Gasteiger charge is -2.17. The zero-order valence-electron chi connectivity index (χ0n) is 10.1. The second-order valence-corrected chi connectivity index (χ2v) is 4.50. The topological polar surface area (TPSA) is 21.7 Å². The first-order chi connectivity index (χ1) is 8.27. The van der Waals surface area contributed by atoms with Crippen LogP contribution in [0.1, 0.15) is 11.1 Å². The summed E-state index contributed by atoms with van der Waals surface area (Å²) < 4.78 is 0. The van der Waals surface area contributed by atoms with Crippen LogP contribution in [0.3, 0.4) is 0 Å². The number of benzene rings is 2. The maximum Gasteiger partial charge on any atom is 0.108 e. The van der Waals surface area contributed by atoms with Gasteiger partial charge in [0.15, 0.2) is 0 Å². The van der Waals surface area contributed by atoms with E-state index in [1.165, 1.54) is 27.6 Å². The molecule has 0 amide bonds. The van der Waals surface area contributed by atoms with Gasteiger partial charge in [-0.15, -0.1) is 0 Å². The van der Waals surface area contributed by atoms with Crippen LogP contribution in [0.2, 0.25) is 0 Å². The van der Waals surface area contributed by atoms with E-state index in [0.717, 1.165) is 0 Å². The molecule has 0 aromatic heterocycles. The van der Waals surface area contributed by atoms with Crippen molar-refractivity contribution in [3.63, 3.8) is 0 Å². The van der Waals surface area contributed by atoms with E-state index >= 15 is 0 Å². The fraction of sp³-hybridized carbons (Fsp3) is 0.286. The van der Waals surface area contributed by atoms with Crippen LogP contribution in [0.25, 0.3) is 10.8 Å². The molecule has 0 spiro atoms. The van der Waals surface area contributed by atoms with Gasteiger partial charge in [-0.25, -0.2) is 9.78 Å². The van der Waals surface area contributed by atoms with Gasteiger partial charge in [0.1, 0.15) is 13.2 Å². The first-order valence-corrected chi connectivity index (χ1v) is 5.72. The van der Waals surface area contributed by atoms with E-state index in [9.17, 15) is 0 Å². The Kier molecular flexibility index (Phi) is 2.50. The molecule has 3 nitrogen and oxygen atoms in total. The highest BCUT2D eigenvalue weighted by molar-refractivity contribution is 5.98. The fourth-order valence-corrected chi connectivity index (χ4v) is 2.39. The Labute approximate surface area is 100 Å². The van der Waals surface area contributed by atoms with Crippen molar-refractivity contribution in [3.05, 3.63) is 41.5 Å². The van der Waals surface area contributed by atoms with E-state index in [1.54, 1.807) is 0 Å². The van der Waals surface area contributed by atoms with Gasteiger partial charge in [0.2, 0.25) is 0 Å². The van der Waals surface area contributed by atoms with Crippen molar-refractivity contribution in [3.8, 4) is 0 Å². The Bertz CT molecular complexity index is 551. The average molecular weight is 229 g/mol. The molecule has 88 valence electrons. The van der Waals surface area contributed by atoms with Crippen LogP contribution in [-0.2, 0) is 23.0 Å². The van der Waals surface area contributed by atoms with Crippen LogP contribution in [-0.4, -0.2) is 14.1 Å². The van der Waals surface area contributed by atoms with Crippen molar-refractivity contribution in [2.45, 2.75) is 13.2 Å². The molecular formula is C14H15NO2. The van der Waals surface area contributed by atoms with E-state index in [-0.39, 0.29) is 0 Å². The fourth-order valence-electron chi connectivity index (χ4n) is 2.39. The van der Waals surface area contributed by atoms with Crippen molar-refractivity contribution < 1.29 is 9.78 Å². The van der Waals surface area contributed by atoms with Gasteiger partial charge < -0.3 is 4.90 Å². The highest BCUT2D eigenvalue weighted by Crippen LogP contribution is 2.33. The molecule has 0 N–H and O–H groups in total. The molecule has 0 atom stereocenters. The molecule has 1 aliphatic heterocycles. The Morgan fingerprint density at radius 1 is 0.941 bits per heavy atom. The Balaban J connectivity index is 2.37. The van der Waals surface area contributed by atoms with Crippen molar-refractivity contribution in [1.29, 1.82) is 0 Å². The monoisotopic (exact) mass is 229 g/mol. The molecule has 2 aromatic carbocycles. The van der Waals surface area contributed by atoms with Crippen molar-refractivity contribution in [2.75, 3.05) is 19.0 Å². The summed E-state index contributed by atoms with van der Waals surface area (Å²) in [7, 11) is 4.13. The number of hydrogen-bond donors (Lipinski definition) is 0. The van der Waals surface area contributed by atoms with Gasteiger partial charge >= 0.3 is 0 Å². The molecule has 0 saturated carbocycles. The number of anilines is 1. The molecule has 0 aliphatic carbocycles.